The first-order valence-electron chi connectivity index (χ1n) is 9.27. The third-order valence-corrected chi connectivity index (χ3v) is 7.62. The first kappa shape index (κ1) is 19.8. The van der Waals surface area contributed by atoms with Crippen molar-refractivity contribution in [3.63, 3.8) is 0 Å². The van der Waals surface area contributed by atoms with Gasteiger partial charge in [-0.2, -0.15) is 4.31 Å². The SMILES string of the molecule is O=C(CSc1nncn1-c1ccccc1)c1ccc(S(=O)(=O)N2CCCC2)cc1. The van der Waals surface area contributed by atoms with E-state index in [-0.39, 0.29) is 16.4 Å². The maximum atomic E-state index is 12.6. The van der Waals surface area contributed by atoms with Gasteiger partial charge in [-0.3, -0.25) is 9.36 Å². The average molecular weight is 429 g/mol. The minimum absolute atomic E-state index is 0.0947. The van der Waals surface area contributed by atoms with Gasteiger partial charge in [0.1, 0.15) is 6.33 Å². The van der Waals surface area contributed by atoms with Crippen LogP contribution in [0.2, 0.25) is 0 Å². The summed E-state index contributed by atoms with van der Waals surface area (Å²) in [6, 6.07) is 15.8. The van der Waals surface area contributed by atoms with Crippen LogP contribution in [0.25, 0.3) is 5.69 Å². The number of carbonyl (C=O) groups excluding carboxylic acids is 1. The standard InChI is InChI=1S/C20H20N4O3S2/c25-19(14-28-20-22-21-15-24(20)17-6-2-1-3-7-17)16-8-10-18(11-9-16)29(26,27)23-12-4-5-13-23/h1-3,6-11,15H,4-5,12-14H2. The van der Waals surface area contributed by atoms with Crippen LogP contribution < -0.4 is 0 Å². The van der Waals surface area contributed by atoms with E-state index in [4.69, 9.17) is 0 Å². The van der Waals surface area contributed by atoms with Crippen molar-refractivity contribution in [3.8, 4) is 5.69 Å². The Labute approximate surface area is 173 Å². The van der Waals surface area contributed by atoms with Crippen molar-refractivity contribution in [2.45, 2.75) is 22.9 Å². The van der Waals surface area contributed by atoms with Crippen LogP contribution in [0.4, 0.5) is 0 Å². The molecule has 150 valence electrons. The first-order valence-corrected chi connectivity index (χ1v) is 11.7. The summed E-state index contributed by atoms with van der Waals surface area (Å²) >= 11 is 1.29. The van der Waals surface area contributed by atoms with Crippen LogP contribution in [0.15, 0.2) is 71.0 Å². The number of thioether (sulfide) groups is 1. The molecule has 0 spiro atoms. The highest BCUT2D eigenvalue weighted by atomic mass is 32.2. The van der Waals surface area contributed by atoms with Crippen LogP contribution in [-0.4, -0.2) is 52.1 Å². The number of carbonyl (C=O) groups is 1. The number of Topliss-reactive ketones (excluding diaryl/α,β-unsaturated/α-hetero) is 1. The minimum Gasteiger partial charge on any atom is -0.293 e. The van der Waals surface area contributed by atoms with Gasteiger partial charge in [0.05, 0.1) is 10.6 Å². The molecule has 1 fully saturated rings. The number of nitrogens with zero attached hydrogens (tertiary/aromatic N) is 4. The van der Waals surface area contributed by atoms with Gasteiger partial charge in [0.15, 0.2) is 10.9 Å². The molecule has 1 aromatic heterocycles. The number of para-hydroxylation sites is 1. The summed E-state index contributed by atoms with van der Waals surface area (Å²) in [4.78, 5) is 12.8. The zero-order valence-corrected chi connectivity index (χ0v) is 17.3. The third kappa shape index (κ3) is 4.26. The predicted octanol–water partition coefficient (Wildman–Crippen LogP) is 3.03. The second-order valence-corrected chi connectivity index (χ2v) is 9.55. The molecular formula is C20H20N4O3S2. The van der Waals surface area contributed by atoms with E-state index in [1.165, 1.54) is 28.2 Å². The number of sulfonamides is 1. The number of hydrogen-bond acceptors (Lipinski definition) is 6. The fourth-order valence-corrected chi connectivity index (χ4v) is 5.53. The van der Waals surface area contributed by atoms with Crippen LogP contribution in [0.3, 0.4) is 0 Å². The summed E-state index contributed by atoms with van der Waals surface area (Å²) in [5.41, 5.74) is 1.40. The normalized spacial score (nSPS) is 14.9. The molecule has 1 saturated heterocycles. The van der Waals surface area contributed by atoms with Gasteiger partial charge in [0.25, 0.3) is 0 Å². The van der Waals surface area contributed by atoms with Crippen LogP contribution in [-0.2, 0) is 10.0 Å². The van der Waals surface area contributed by atoms with Crippen molar-refractivity contribution in [2.75, 3.05) is 18.8 Å². The lowest BCUT2D eigenvalue weighted by Crippen LogP contribution is -2.27. The number of hydrogen-bond donors (Lipinski definition) is 0. The molecule has 0 saturated carbocycles. The largest absolute Gasteiger partial charge is 0.293 e. The van der Waals surface area contributed by atoms with Gasteiger partial charge >= 0.3 is 0 Å². The molecule has 2 aromatic carbocycles. The molecule has 0 atom stereocenters. The van der Waals surface area contributed by atoms with Gasteiger partial charge < -0.3 is 0 Å². The Hall–Kier alpha value is -2.49. The molecule has 0 unspecified atom stereocenters. The molecule has 0 bridgehead atoms. The summed E-state index contributed by atoms with van der Waals surface area (Å²) in [5.74, 6) is 0.0896. The van der Waals surface area contributed by atoms with E-state index < -0.39 is 10.0 Å². The lowest BCUT2D eigenvalue weighted by molar-refractivity contribution is 0.102. The summed E-state index contributed by atoms with van der Waals surface area (Å²) < 4.78 is 28.5. The lowest BCUT2D eigenvalue weighted by atomic mass is 10.1. The second kappa shape index (κ2) is 8.48. The van der Waals surface area contributed by atoms with Gasteiger partial charge in [-0.25, -0.2) is 8.42 Å². The average Bonchev–Trinajstić information content (AvgIpc) is 3.45. The first-order chi connectivity index (χ1) is 14.1. The predicted molar refractivity (Wildman–Crippen MR) is 111 cm³/mol. The van der Waals surface area contributed by atoms with E-state index in [0.29, 0.717) is 23.8 Å². The smallest absolute Gasteiger partial charge is 0.243 e. The maximum absolute atomic E-state index is 12.6. The maximum Gasteiger partial charge on any atom is 0.243 e. The van der Waals surface area contributed by atoms with Crippen molar-refractivity contribution in [1.82, 2.24) is 19.1 Å². The summed E-state index contributed by atoms with van der Waals surface area (Å²) in [6.45, 7) is 1.11. The zero-order valence-electron chi connectivity index (χ0n) is 15.6. The topological polar surface area (TPSA) is 85.2 Å². The second-order valence-electron chi connectivity index (χ2n) is 6.67. The zero-order chi connectivity index (χ0) is 20.3. The number of aromatic nitrogens is 3. The van der Waals surface area contributed by atoms with E-state index in [2.05, 4.69) is 10.2 Å². The molecule has 2 heterocycles. The molecule has 0 aliphatic carbocycles. The Bertz CT molecular complexity index is 1090. The summed E-state index contributed by atoms with van der Waals surface area (Å²) in [6.07, 6.45) is 3.39. The van der Waals surface area contributed by atoms with Crippen molar-refractivity contribution in [2.24, 2.45) is 0 Å². The van der Waals surface area contributed by atoms with E-state index in [1.54, 1.807) is 18.5 Å². The quantitative estimate of drug-likeness (QED) is 0.425. The van der Waals surface area contributed by atoms with E-state index >= 15 is 0 Å². The molecule has 9 heteroatoms. The van der Waals surface area contributed by atoms with E-state index in [9.17, 15) is 13.2 Å². The van der Waals surface area contributed by atoms with Gasteiger partial charge in [-0.15, -0.1) is 10.2 Å². The molecule has 0 amide bonds. The van der Waals surface area contributed by atoms with Crippen LogP contribution in [0.1, 0.15) is 23.2 Å². The molecule has 0 N–H and O–H groups in total. The lowest BCUT2D eigenvalue weighted by Gasteiger charge is -2.15. The van der Waals surface area contributed by atoms with Crippen molar-refractivity contribution < 1.29 is 13.2 Å². The number of benzene rings is 2. The Morgan fingerprint density at radius 1 is 1.00 bits per heavy atom. The monoisotopic (exact) mass is 428 g/mol. The molecule has 7 nitrogen and oxygen atoms in total. The summed E-state index contributed by atoms with van der Waals surface area (Å²) in [7, 11) is -3.47. The van der Waals surface area contributed by atoms with Crippen LogP contribution in [0.5, 0.6) is 0 Å². The molecule has 1 aliphatic heterocycles. The van der Waals surface area contributed by atoms with Crippen molar-refractivity contribution >= 4 is 27.6 Å². The van der Waals surface area contributed by atoms with Gasteiger partial charge in [-0.05, 0) is 37.1 Å². The van der Waals surface area contributed by atoms with Gasteiger partial charge in [-0.1, -0.05) is 42.1 Å². The number of ketones is 1. The Morgan fingerprint density at radius 3 is 2.38 bits per heavy atom. The van der Waals surface area contributed by atoms with E-state index in [1.807, 2.05) is 34.9 Å². The molecule has 29 heavy (non-hydrogen) atoms. The van der Waals surface area contributed by atoms with Crippen molar-refractivity contribution in [3.05, 3.63) is 66.5 Å². The molecule has 4 rings (SSSR count). The fraction of sp³-hybridized carbons (Fsp3) is 0.250. The fourth-order valence-electron chi connectivity index (χ4n) is 3.19. The highest BCUT2D eigenvalue weighted by Crippen LogP contribution is 2.23. The Balaban J connectivity index is 1.43. The molecular weight excluding hydrogens is 408 g/mol. The Kier molecular flexibility index (Phi) is 5.79. The van der Waals surface area contributed by atoms with Gasteiger partial charge in [0, 0.05) is 24.3 Å². The van der Waals surface area contributed by atoms with Crippen LogP contribution in [0, 0.1) is 0 Å². The minimum atomic E-state index is -3.47. The van der Waals surface area contributed by atoms with E-state index in [0.717, 1.165) is 18.5 Å². The highest BCUT2D eigenvalue weighted by molar-refractivity contribution is 7.99. The third-order valence-electron chi connectivity index (χ3n) is 4.76. The molecule has 0 radical (unpaired) electrons. The van der Waals surface area contributed by atoms with Gasteiger partial charge in [0.2, 0.25) is 10.0 Å². The van der Waals surface area contributed by atoms with Crippen LogP contribution >= 0.6 is 11.8 Å². The van der Waals surface area contributed by atoms with Crippen molar-refractivity contribution in [1.29, 1.82) is 0 Å². The highest BCUT2D eigenvalue weighted by Gasteiger charge is 2.27. The Morgan fingerprint density at radius 2 is 1.69 bits per heavy atom. The summed E-state index contributed by atoms with van der Waals surface area (Å²) in [5, 5.41) is 8.65. The molecule has 3 aromatic rings. The molecule has 1 aliphatic rings. The number of rotatable bonds is 7.